The predicted molar refractivity (Wildman–Crippen MR) is 64.3 cm³/mol. The Hall–Kier alpha value is -1.27. The van der Waals surface area contributed by atoms with Gasteiger partial charge in [-0.2, -0.15) is 13.2 Å². The van der Waals surface area contributed by atoms with Crippen molar-refractivity contribution in [2.24, 2.45) is 5.73 Å². The van der Waals surface area contributed by atoms with E-state index in [4.69, 9.17) is 5.73 Å². The third-order valence-electron chi connectivity index (χ3n) is 2.11. The van der Waals surface area contributed by atoms with E-state index in [1.165, 1.54) is 0 Å². The highest BCUT2D eigenvalue weighted by Gasteiger charge is 2.31. The summed E-state index contributed by atoms with van der Waals surface area (Å²) in [4.78, 5) is 10.9. The van der Waals surface area contributed by atoms with Crippen LogP contribution in [0.5, 0.6) is 0 Å². The number of halogens is 4. The lowest BCUT2D eigenvalue weighted by Gasteiger charge is -2.13. The van der Waals surface area contributed by atoms with Crippen LogP contribution in [0.2, 0.25) is 0 Å². The van der Waals surface area contributed by atoms with E-state index >= 15 is 0 Å². The number of carbonyl (C=O) groups is 1. The SMILES string of the molecule is Cl.NC(CNC(=O)CC(F)(F)F)c1ccccc1. The summed E-state index contributed by atoms with van der Waals surface area (Å²) in [5, 5.41) is 2.15. The van der Waals surface area contributed by atoms with Crippen LogP contribution in [0.3, 0.4) is 0 Å². The summed E-state index contributed by atoms with van der Waals surface area (Å²) in [6.45, 7) is -0.0150. The number of nitrogens with one attached hydrogen (secondary N) is 1. The fourth-order valence-electron chi connectivity index (χ4n) is 1.29. The molecule has 1 atom stereocenters. The Balaban J connectivity index is 0.00000289. The minimum absolute atomic E-state index is 0. The molecule has 1 rings (SSSR count). The molecule has 0 aliphatic carbocycles. The number of carbonyl (C=O) groups excluding carboxylic acids is 1. The average Bonchev–Trinajstić information content (AvgIpc) is 2.25. The topological polar surface area (TPSA) is 55.1 Å². The number of hydrogen-bond acceptors (Lipinski definition) is 2. The highest BCUT2D eigenvalue weighted by atomic mass is 35.5. The highest BCUT2D eigenvalue weighted by Crippen LogP contribution is 2.19. The lowest BCUT2D eigenvalue weighted by molar-refractivity contribution is -0.153. The van der Waals surface area contributed by atoms with Gasteiger partial charge in [-0.1, -0.05) is 30.3 Å². The zero-order valence-electron chi connectivity index (χ0n) is 9.41. The van der Waals surface area contributed by atoms with Gasteiger partial charge in [0.05, 0.1) is 0 Å². The van der Waals surface area contributed by atoms with Gasteiger partial charge in [0.25, 0.3) is 0 Å². The van der Waals surface area contributed by atoms with Gasteiger partial charge in [0, 0.05) is 12.6 Å². The molecule has 102 valence electrons. The Morgan fingerprint density at radius 2 is 1.83 bits per heavy atom. The van der Waals surface area contributed by atoms with Gasteiger partial charge < -0.3 is 11.1 Å². The molecule has 1 aromatic rings. The van der Waals surface area contributed by atoms with Crippen molar-refractivity contribution < 1.29 is 18.0 Å². The van der Waals surface area contributed by atoms with Crippen LogP contribution in [-0.2, 0) is 4.79 Å². The number of alkyl halides is 3. The third kappa shape index (κ3) is 6.46. The molecule has 3 nitrogen and oxygen atoms in total. The number of rotatable bonds is 4. The first-order chi connectivity index (χ1) is 7.88. The third-order valence-corrected chi connectivity index (χ3v) is 2.11. The van der Waals surface area contributed by atoms with E-state index in [0.717, 1.165) is 5.56 Å². The Bertz CT molecular complexity index is 370. The summed E-state index contributed by atoms with van der Waals surface area (Å²) in [6.07, 6.45) is -5.96. The average molecular weight is 283 g/mol. The molecular formula is C11H14ClF3N2O. The van der Waals surface area contributed by atoms with Crippen molar-refractivity contribution >= 4 is 18.3 Å². The Labute approximate surface area is 109 Å². The van der Waals surface area contributed by atoms with Crippen LogP contribution < -0.4 is 11.1 Å². The second-order valence-corrected chi connectivity index (χ2v) is 3.61. The van der Waals surface area contributed by atoms with Crippen LogP contribution in [0.15, 0.2) is 30.3 Å². The van der Waals surface area contributed by atoms with Crippen molar-refractivity contribution in [3.8, 4) is 0 Å². The first kappa shape index (κ1) is 16.7. The van der Waals surface area contributed by atoms with E-state index in [2.05, 4.69) is 5.32 Å². The predicted octanol–water partition coefficient (Wildman–Crippen LogP) is 2.18. The first-order valence-electron chi connectivity index (χ1n) is 5.02. The van der Waals surface area contributed by atoms with Gasteiger partial charge in [-0.15, -0.1) is 12.4 Å². The number of nitrogens with two attached hydrogens (primary N) is 1. The molecule has 0 saturated carbocycles. The fraction of sp³-hybridized carbons (Fsp3) is 0.364. The number of amides is 1. The quantitative estimate of drug-likeness (QED) is 0.889. The monoisotopic (exact) mass is 282 g/mol. The maximum absolute atomic E-state index is 11.9. The smallest absolute Gasteiger partial charge is 0.354 e. The molecule has 0 fully saturated rings. The summed E-state index contributed by atoms with van der Waals surface area (Å²) < 4.78 is 35.6. The minimum atomic E-state index is -4.49. The second-order valence-electron chi connectivity index (χ2n) is 3.61. The molecule has 0 aliphatic rings. The number of hydrogen-bond donors (Lipinski definition) is 2. The molecule has 0 saturated heterocycles. The largest absolute Gasteiger partial charge is 0.397 e. The molecule has 0 bridgehead atoms. The van der Waals surface area contributed by atoms with Crippen LogP contribution >= 0.6 is 12.4 Å². The van der Waals surface area contributed by atoms with Gasteiger partial charge >= 0.3 is 6.18 Å². The molecule has 1 unspecified atom stereocenters. The molecule has 7 heteroatoms. The van der Waals surface area contributed by atoms with Crippen molar-refractivity contribution in [1.82, 2.24) is 5.32 Å². The molecule has 0 heterocycles. The van der Waals surface area contributed by atoms with Gasteiger partial charge in [0.2, 0.25) is 5.91 Å². The lowest BCUT2D eigenvalue weighted by atomic mass is 10.1. The highest BCUT2D eigenvalue weighted by molar-refractivity contribution is 5.85. The van der Waals surface area contributed by atoms with Crippen LogP contribution in [0, 0.1) is 0 Å². The van der Waals surface area contributed by atoms with Crippen LogP contribution in [0.25, 0.3) is 0 Å². The maximum Gasteiger partial charge on any atom is 0.397 e. The summed E-state index contributed by atoms with van der Waals surface area (Å²) in [6, 6.07) is 8.34. The van der Waals surface area contributed by atoms with Gasteiger partial charge in [-0.3, -0.25) is 4.79 Å². The molecule has 0 aliphatic heterocycles. The van der Waals surface area contributed by atoms with Crippen molar-refractivity contribution in [1.29, 1.82) is 0 Å². The van der Waals surface area contributed by atoms with Gasteiger partial charge in [0.15, 0.2) is 0 Å². The second kappa shape index (κ2) is 7.23. The van der Waals surface area contributed by atoms with Crippen LogP contribution in [0.1, 0.15) is 18.0 Å². The van der Waals surface area contributed by atoms with Gasteiger partial charge in [-0.05, 0) is 5.56 Å². The zero-order chi connectivity index (χ0) is 12.9. The van der Waals surface area contributed by atoms with E-state index in [1.807, 2.05) is 0 Å². The molecule has 1 amide bonds. The van der Waals surface area contributed by atoms with E-state index in [1.54, 1.807) is 30.3 Å². The van der Waals surface area contributed by atoms with Crippen molar-refractivity contribution in [3.63, 3.8) is 0 Å². The maximum atomic E-state index is 11.9. The molecule has 0 aromatic heterocycles. The Morgan fingerprint density at radius 3 is 2.33 bits per heavy atom. The van der Waals surface area contributed by atoms with E-state index in [-0.39, 0.29) is 19.0 Å². The standard InChI is InChI=1S/C11H13F3N2O.ClH/c12-11(13,14)6-10(17)16-7-9(15)8-4-2-1-3-5-8;/h1-5,9H,6-7,15H2,(H,16,17);1H. The van der Waals surface area contributed by atoms with Gasteiger partial charge in [0.1, 0.15) is 6.42 Å². The Morgan fingerprint density at radius 1 is 1.28 bits per heavy atom. The number of benzene rings is 1. The molecule has 1 aromatic carbocycles. The Kier molecular flexibility index (Phi) is 6.72. The lowest BCUT2D eigenvalue weighted by Crippen LogP contribution is -2.34. The minimum Gasteiger partial charge on any atom is -0.354 e. The van der Waals surface area contributed by atoms with Gasteiger partial charge in [-0.25, -0.2) is 0 Å². The molecule has 18 heavy (non-hydrogen) atoms. The van der Waals surface area contributed by atoms with Crippen molar-refractivity contribution in [3.05, 3.63) is 35.9 Å². The van der Waals surface area contributed by atoms with Crippen molar-refractivity contribution in [2.45, 2.75) is 18.6 Å². The van der Waals surface area contributed by atoms with E-state index < -0.39 is 24.5 Å². The summed E-state index contributed by atoms with van der Waals surface area (Å²) >= 11 is 0. The van der Waals surface area contributed by atoms with E-state index in [0.29, 0.717) is 0 Å². The summed E-state index contributed by atoms with van der Waals surface area (Å²) in [5.41, 5.74) is 6.47. The summed E-state index contributed by atoms with van der Waals surface area (Å²) in [7, 11) is 0. The summed E-state index contributed by atoms with van der Waals surface area (Å²) in [5.74, 6) is -1.07. The normalized spacial score (nSPS) is 12.4. The molecule has 0 spiro atoms. The fourth-order valence-corrected chi connectivity index (χ4v) is 1.29. The molecule has 3 N–H and O–H groups in total. The van der Waals surface area contributed by atoms with Crippen molar-refractivity contribution in [2.75, 3.05) is 6.54 Å². The van der Waals surface area contributed by atoms with Crippen LogP contribution in [-0.4, -0.2) is 18.6 Å². The molecular weight excluding hydrogens is 269 g/mol. The first-order valence-corrected chi connectivity index (χ1v) is 5.02. The zero-order valence-corrected chi connectivity index (χ0v) is 10.2. The van der Waals surface area contributed by atoms with Crippen LogP contribution in [0.4, 0.5) is 13.2 Å². The van der Waals surface area contributed by atoms with E-state index in [9.17, 15) is 18.0 Å². The molecule has 0 radical (unpaired) electrons.